The molecular formula is C19H16N4O3S. The average Bonchev–Trinajstić information content (AvgIpc) is 2.94. The Kier molecular flexibility index (Phi) is 6.13. The standard InChI is InChI=1S/C19H16N4O3S/c1-3-25-16(24)11-27-19(14-6-4-12(2)5-7-14)17(13(8-20)9-21)15(10-22)18(23)26-19/h4-7H,3,11,23H2,1-2H3. The maximum Gasteiger partial charge on any atom is 0.316 e. The Bertz CT molecular complexity index is 929. The Morgan fingerprint density at radius 3 is 2.41 bits per heavy atom. The van der Waals surface area contributed by atoms with Crippen molar-refractivity contribution in [3.63, 3.8) is 0 Å². The molecule has 1 atom stereocenters. The number of allylic oxidation sites excluding steroid dienone is 1. The van der Waals surface area contributed by atoms with Crippen LogP contribution in [0.5, 0.6) is 0 Å². The summed E-state index contributed by atoms with van der Waals surface area (Å²) < 4.78 is 10.8. The first-order valence-corrected chi connectivity index (χ1v) is 8.93. The van der Waals surface area contributed by atoms with Gasteiger partial charge < -0.3 is 15.2 Å². The minimum absolute atomic E-state index is 0.0469. The lowest BCUT2D eigenvalue weighted by Gasteiger charge is -2.30. The molecule has 8 heteroatoms. The quantitative estimate of drug-likeness (QED) is 0.608. The molecule has 0 fully saturated rings. The number of hydrogen-bond acceptors (Lipinski definition) is 8. The molecule has 2 N–H and O–H groups in total. The molecule has 1 aliphatic rings. The van der Waals surface area contributed by atoms with Crippen LogP contribution in [0.1, 0.15) is 18.1 Å². The Balaban J connectivity index is 2.69. The Hall–Kier alpha value is -3.41. The molecule has 0 bridgehead atoms. The summed E-state index contributed by atoms with van der Waals surface area (Å²) in [5.74, 6) is -0.815. The van der Waals surface area contributed by atoms with E-state index in [0.29, 0.717) is 5.56 Å². The second kappa shape index (κ2) is 8.31. The number of carbonyl (C=O) groups is 1. The van der Waals surface area contributed by atoms with E-state index in [1.54, 1.807) is 31.2 Å². The van der Waals surface area contributed by atoms with Gasteiger partial charge in [0.1, 0.15) is 29.4 Å². The lowest BCUT2D eigenvalue weighted by atomic mass is 9.92. The third kappa shape index (κ3) is 3.74. The maximum atomic E-state index is 11.9. The van der Waals surface area contributed by atoms with E-state index in [2.05, 4.69) is 0 Å². The van der Waals surface area contributed by atoms with Gasteiger partial charge in [-0.1, -0.05) is 41.6 Å². The minimum Gasteiger partial charge on any atom is -0.465 e. The molecule has 1 unspecified atom stereocenters. The van der Waals surface area contributed by atoms with Crippen molar-refractivity contribution in [1.29, 1.82) is 15.8 Å². The average molecular weight is 380 g/mol. The number of benzene rings is 1. The molecule has 27 heavy (non-hydrogen) atoms. The fraction of sp³-hybridized carbons (Fsp3) is 0.263. The number of nitrogens with zero attached hydrogens (tertiary/aromatic N) is 3. The van der Waals surface area contributed by atoms with Crippen LogP contribution in [0.4, 0.5) is 0 Å². The molecule has 1 aromatic rings. The van der Waals surface area contributed by atoms with Gasteiger partial charge in [0.15, 0.2) is 0 Å². The highest BCUT2D eigenvalue weighted by molar-refractivity contribution is 8.00. The Morgan fingerprint density at radius 1 is 1.26 bits per heavy atom. The number of ether oxygens (including phenoxy) is 2. The molecular weight excluding hydrogens is 364 g/mol. The molecule has 1 aliphatic heterocycles. The molecule has 0 radical (unpaired) electrons. The summed E-state index contributed by atoms with van der Waals surface area (Å²) in [6, 6.07) is 12.6. The van der Waals surface area contributed by atoms with Gasteiger partial charge >= 0.3 is 5.97 Å². The molecule has 136 valence electrons. The summed E-state index contributed by atoms with van der Waals surface area (Å²) in [5.41, 5.74) is 7.07. The zero-order valence-corrected chi connectivity index (χ0v) is 15.6. The Morgan fingerprint density at radius 2 is 1.89 bits per heavy atom. The molecule has 0 saturated heterocycles. The van der Waals surface area contributed by atoms with Gasteiger partial charge in [-0.3, -0.25) is 4.79 Å². The highest BCUT2D eigenvalue weighted by Gasteiger charge is 2.50. The van der Waals surface area contributed by atoms with Crippen LogP contribution >= 0.6 is 11.8 Å². The lowest BCUT2D eigenvalue weighted by molar-refractivity contribution is -0.139. The molecule has 7 nitrogen and oxygen atoms in total. The molecule has 2 rings (SSSR count). The molecule has 0 amide bonds. The summed E-state index contributed by atoms with van der Waals surface area (Å²) in [5, 5.41) is 28.3. The summed E-state index contributed by atoms with van der Waals surface area (Å²) >= 11 is 0.999. The van der Waals surface area contributed by atoms with Gasteiger partial charge in [-0.15, -0.1) is 0 Å². The normalized spacial score (nSPS) is 18.1. The number of hydrogen-bond donors (Lipinski definition) is 1. The van der Waals surface area contributed by atoms with Crippen LogP contribution in [-0.4, -0.2) is 18.3 Å². The number of nitrogens with two attached hydrogens (primary N) is 1. The van der Waals surface area contributed by atoms with Crippen molar-refractivity contribution in [2.24, 2.45) is 5.73 Å². The zero-order valence-electron chi connectivity index (χ0n) is 14.8. The Labute approximate surface area is 161 Å². The molecule has 1 heterocycles. The molecule has 0 spiro atoms. The van der Waals surface area contributed by atoms with Crippen LogP contribution in [0, 0.1) is 40.9 Å². The third-order valence-electron chi connectivity index (χ3n) is 3.79. The largest absolute Gasteiger partial charge is 0.465 e. The summed E-state index contributed by atoms with van der Waals surface area (Å²) in [7, 11) is 0. The van der Waals surface area contributed by atoms with Crippen LogP contribution < -0.4 is 5.73 Å². The van der Waals surface area contributed by atoms with Crippen molar-refractivity contribution < 1.29 is 14.3 Å². The van der Waals surface area contributed by atoms with Gasteiger partial charge in [0, 0.05) is 5.56 Å². The predicted molar refractivity (Wildman–Crippen MR) is 98.1 cm³/mol. The van der Waals surface area contributed by atoms with Crippen LogP contribution in [0.3, 0.4) is 0 Å². The van der Waals surface area contributed by atoms with Crippen molar-refractivity contribution in [2.45, 2.75) is 18.8 Å². The monoisotopic (exact) mass is 380 g/mol. The first-order valence-electron chi connectivity index (χ1n) is 7.94. The van der Waals surface area contributed by atoms with Gasteiger partial charge in [0.05, 0.1) is 17.9 Å². The third-order valence-corrected chi connectivity index (χ3v) is 5.10. The van der Waals surface area contributed by atoms with E-state index in [1.807, 2.05) is 25.1 Å². The SMILES string of the molecule is CCOC(=O)CSC1(c2ccc(C)cc2)OC(N)=C(C#N)C1=C(C#N)C#N. The number of esters is 1. The zero-order chi connectivity index (χ0) is 20.0. The predicted octanol–water partition coefficient (Wildman–Crippen LogP) is 2.51. The fourth-order valence-electron chi connectivity index (χ4n) is 2.61. The summed E-state index contributed by atoms with van der Waals surface area (Å²) in [4.78, 5) is 10.4. The second-order valence-electron chi connectivity index (χ2n) is 5.50. The smallest absolute Gasteiger partial charge is 0.316 e. The highest BCUT2D eigenvalue weighted by Crippen LogP contribution is 2.53. The number of thioether (sulfide) groups is 1. The van der Waals surface area contributed by atoms with E-state index >= 15 is 0 Å². The van der Waals surface area contributed by atoms with Crippen molar-refractivity contribution in [1.82, 2.24) is 0 Å². The highest BCUT2D eigenvalue weighted by atomic mass is 32.2. The number of carbonyl (C=O) groups excluding carboxylic acids is 1. The topological polar surface area (TPSA) is 133 Å². The molecule has 0 saturated carbocycles. The summed E-state index contributed by atoms with van der Waals surface area (Å²) in [6.07, 6.45) is 0. The van der Waals surface area contributed by atoms with Crippen molar-refractivity contribution in [2.75, 3.05) is 12.4 Å². The second-order valence-corrected chi connectivity index (χ2v) is 6.66. The molecule has 0 aliphatic carbocycles. The van der Waals surface area contributed by atoms with Crippen molar-refractivity contribution >= 4 is 17.7 Å². The first-order chi connectivity index (χ1) is 12.9. The number of aryl methyl sites for hydroxylation is 1. The summed E-state index contributed by atoms with van der Waals surface area (Å²) in [6.45, 7) is 3.80. The minimum atomic E-state index is -1.48. The van der Waals surface area contributed by atoms with Gasteiger partial charge in [0.2, 0.25) is 10.8 Å². The number of nitriles is 3. The fourth-order valence-corrected chi connectivity index (χ4v) is 3.81. The van der Waals surface area contributed by atoms with Crippen LogP contribution in [-0.2, 0) is 19.2 Å². The van der Waals surface area contributed by atoms with E-state index in [-0.39, 0.29) is 35.0 Å². The van der Waals surface area contributed by atoms with E-state index in [9.17, 15) is 20.6 Å². The lowest BCUT2D eigenvalue weighted by Crippen LogP contribution is -2.28. The van der Waals surface area contributed by atoms with Crippen molar-refractivity contribution in [3.05, 3.63) is 58.0 Å². The maximum absolute atomic E-state index is 11.9. The van der Waals surface area contributed by atoms with E-state index in [4.69, 9.17) is 15.2 Å². The van der Waals surface area contributed by atoms with Gasteiger partial charge in [-0.2, -0.15) is 15.8 Å². The van der Waals surface area contributed by atoms with E-state index < -0.39 is 10.9 Å². The van der Waals surface area contributed by atoms with Crippen LogP contribution in [0.25, 0.3) is 0 Å². The first kappa shape index (κ1) is 19.9. The van der Waals surface area contributed by atoms with Crippen LogP contribution in [0.15, 0.2) is 46.9 Å². The van der Waals surface area contributed by atoms with Crippen LogP contribution in [0.2, 0.25) is 0 Å². The molecule has 1 aromatic carbocycles. The van der Waals surface area contributed by atoms with Gasteiger partial charge in [0.25, 0.3) is 0 Å². The van der Waals surface area contributed by atoms with E-state index in [1.165, 1.54) is 0 Å². The number of rotatable bonds is 5. The van der Waals surface area contributed by atoms with Crippen molar-refractivity contribution in [3.8, 4) is 18.2 Å². The van der Waals surface area contributed by atoms with Gasteiger partial charge in [-0.25, -0.2) is 0 Å². The van der Waals surface area contributed by atoms with E-state index in [0.717, 1.165) is 17.3 Å². The molecule has 0 aromatic heterocycles. The van der Waals surface area contributed by atoms with Gasteiger partial charge in [-0.05, 0) is 13.8 Å².